The molecule has 22 heavy (non-hydrogen) atoms. The number of nitrogens with one attached hydrogen (secondary N) is 2. The number of methoxy groups -OCH3 is 1. The Kier molecular flexibility index (Phi) is 4.98. The first-order valence-corrected chi connectivity index (χ1v) is 6.56. The van der Waals surface area contributed by atoms with Crippen molar-refractivity contribution in [2.45, 2.75) is 0 Å². The molecular formula is C16H16N2O4. The van der Waals surface area contributed by atoms with E-state index in [0.717, 1.165) is 0 Å². The molecule has 0 aliphatic rings. The first-order chi connectivity index (χ1) is 10.6. The topological polar surface area (TPSA) is 80.6 Å². The van der Waals surface area contributed by atoms with Crippen LogP contribution in [-0.2, 0) is 4.79 Å². The summed E-state index contributed by atoms with van der Waals surface area (Å²) in [7, 11) is 3.03. The molecule has 0 radical (unpaired) electrons. The first kappa shape index (κ1) is 15.4. The molecule has 0 spiro atoms. The summed E-state index contributed by atoms with van der Waals surface area (Å²) in [5.74, 6) is 0.412. The van der Waals surface area contributed by atoms with Crippen molar-refractivity contribution in [3.8, 4) is 5.75 Å². The molecule has 2 aromatic rings. The zero-order valence-corrected chi connectivity index (χ0v) is 12.3. The Morgan fingerprint density at radius 3 is 2.73 bits per heavy atom. The molecular weight excluding hydrogens is 284 g/mol. The Balaban J connectivity index is 2.17. The van der Waals surface area contributed by atoms with Gasteiger partial charge in [-0.15, -0.1) is 0 Å². The second-order valence-corrected chi connectivity index (χ2v) is 4.33. The van der Waals surface area contributed by atoms with Gasteiger partial charge in [-0.2, -0.15) is 0 Å². The van der Waals surface area contributed by atoms with Crippen LogP contribution in [0.25, 0.3) is 6.08 Å². The Hall–Kier alpha value is -3.02. The van der Waals surface area contributed by atoms with Crippen LogP contribution in [0.15, 0.2) is 47.1 Å². The number of amides is 2. The van der Waals surface area contributed by atoms with Crippen molar-refractivity contribution in [3.63, 3.8) is 0 Å². The molecule has 114 valence electrons. The van der Waals surface area contributed by atoms with E-state index >= 15 is 0 Å². The lowest BCUT2D eigenvalue weighted by atomic mass is 10.1. The molecule has 0 aliphatic heterocycles. The van der Waals surface area contributed by atoms with E-state index in [1.807, 2.05) is 0 Å². The molecule has 2 amide bonds. The Labute approximate surface area is 127 Å². The Morgan fingerprint density at radius 2 is 2.09 bits per heavy atom. The zero-order valence-electron chi connectivity index (χ0n) is 12.3. The molecule has 0 aliphatic carbocycles. The van der Waals surface area contributed by atoms with E-state index in [9.17, 15) is 9.59 Å². The van der Waals surface area contributed by atoms with Gasteiger partial charge in [0.15, 0.2) is 0 Å². The van der Waals surface area contributed by atoms with Crippen molar-refractivity contribution < 1.29 is 18.7 Å². The fraction of sp³-hybridized carbons (Fsp3) is 0.125. The summed E-state index contributed by atoms with van der Waals surface area (Å²) in [4.78, 5) is 23.8. The second kappa shape index (κ2) is 7.12. The average molecular weight is 300 g/mol. The maximum absolute atomic E-state index is 11.9. The minimum Gasteiger partial charge on any atom is -0.497 e. The second-order valence-electron chi connectivity index (χ2n) is 4.33. The van der Waals surface area contributed by atoms with Crippen LogP contribution >= 0.6 is 0 Å². The molecule has 2 N–H and O–H groups in total. The highest BCUT2D eigenvalue weighted by molar-refractivity contribution is 6.07. The smallest absolute Gasteiger partial charge is 0.253 e. The maximum Gasteiger partial charge on any atom is 0.253 e. The molecule has 6 heteroatoms. The summed E-state index contributed by atoms with van der Waals surface area (Å²) in [5.41, 5.74) is 0.718. The minimum atomic E-state index is -0.369. The van der Waals surface area contributed by atoms with E-state index in [-0.39, 0.29) is 11.8 Å². The highest BCUT2D eigenvalue weighted by Crippen LogP contribution is 2.22. The summed E-state index contributed by atoms with van der Waals surface area (Å²) in [6.07, 6.45) is 4.39. The molecule has 6 nitrogen and oxygen atoms in total. The number of carbonyl (C=O) groups is 2. The largest absolute Gasteiger partial charge is 0.497 e. The van der Waals surface area contributed by atoms with Gasteiger partial charge in [-0.1, -0.05) is 0 Å². The van der Waals surface area contributed by atoms with Gasteiger partial charge in [0.05, 0.1) is 24.6 Å². The predicted molar refractivity (Wildman–Crippen MR) is 82.8 cm³/mol. The van der Waals surface area contributed by atoms with Crippen LogP contribution < -0.4 is 15.4 Å². The zero-order chi connectivity index (χ0) is 15.9. The van der Waals surface area contributed by atoms with Crippen molar-refractivity contribution in [2.24, 2.45) is 0 Å². The van der Waals surface area contributed by atoms with Gasteiger partial charge < -0.3 is 19.8 Å². The third-order valence-corrected chi connectivity index (χ3v) is 2.90. The van der Waals surface area contributed by atoms with Gasteiger partial charge in [-0.3, -0.25) is 9.59 Å². The molecule has 0 saturated heterocycles. The first-order valence-electron chi connectivity index (χ1n) is 6.56. The molecule has 2 rings (SSSR count). The van der Waals surface area contributed by atoms with Crippen molar-refractivity contribution in [1.82, 2.24) is 5.32 Å². The van der Waals surface area contributed by atoms with Crippen molar-refractivity contribution in [3.05, 3.63) is 54.0 Å². The summed E-state index contributed by atoms with van der Waals surface area (Å²) >= 11 is 0. The van der Waals surface area contributed by atoms with Crippen LogP contribution in [0.3, 0.4) is 0 Å². The normalized spacial score (nSPS) is 10.5. The maximum atomic E-state index is 11.9. The van der Waals surface area contributed by atoms with Gasteiger partial charge in [0.25, 0.3) is 5.91 Å². The van der Waals surface area contributed by atoms with Gasteiger partial charge in [0, 0.05) is 13.1 Å². The highest BCUT2D eigenvalue weighted by Gasteiger charge is 2.12. The Bertz CT molecular complexity index is 690. The summed E-state index contributed by atoms with van der Waals surface area (Å²) in [6.45, 7) is 0. The van der Waals surface area contributed by atoms with Crippen LogP contribution in [0.1, 0.15) is 16.1 Å². The molecule has 0 atom stereocenters. The standard InChI is InChI=1S/C16H16N2O4/c1-17-16(20)13-10-12(21-2)5-7-14(13)18-15(19)8-6-11-4-3-9-22-11/h3-10H,1-2H3,(H,17,20)(H,18,19)/b8-6+. The van der Waals surface area contributed by atoms with Crippen molar-refractivity contribution in [1.29, 1.82) is 0 Å². The van der Waals surface area contributed by atoms with Crippen LogP contribution in [0.5, 0.6) is 5.75 Å². The van der Waals surface area contributed by atoms with E-state index in [4.69, 9.17) is 9.15 Å². The summed E-state index contributed by atoms with van der Waals surface area (Å²) in [6, 6.07) is 8.29. The number of furan rings is 1. The van der Waals surface area contributed by atoms with Crippen LogP contribution in [0.4, 0.5) is 5.69 Å². The molecule has 0 bridgehead atoms. The molecule has 1 aromatic carbocycles. The molecule has 0 saturated carbocycles. The lowest BCUT2D eigenvalue weighted by Crippen LogP contribution is -2.21. The van der Waals surface area contributed by atoms with Gasteiger partial charge >= 0.3 is 0 Å². The predicted octanol–water partition coefficient (Wildman–Crippen LogP) is 2.30. The lowest BCUT2D eigenvalue weighted by Gasteiger charge is -2.10. The third-order valence-electron chi connectivity index (χ3n) is 2.90. The molecule has 1 heterocycles. The van der Waals surface area contributed by atoms with Gasteiger partial charge in [-0.25, -0.2) is 0 Å². The summed E-state index contributed by atoms with van der Waals surface area (Å²) < 4.78 is 10.2. The quantitative estimate of drug-likeness (QED) is 0.830. The van der Waals surface area contributed by atoms with Gasteiger partial charge in [0.1, 0.15) is 11.5 Å². The number of anilines is 1. The number of hydrogen-bond donors (Lipinski definition) is 2. The van der Waals surface area contributed by atoms with E-state index in [2.05, 4.69) is 10.6 Å². The molecule has 0 fully saturated rings. The SMILES string of the molecule is CNC(=O)c1cc(OC)ccc1NC(=O)/C=C/c1ccco1. The molecule has 0 unspecified atom stereocenters. The highest BCUT2D eigenvalue weighted by atomic mass is 16.5. The van der Waals surface area contributed by atoms with E-state index in [1.54, 1.807) is 36.4 Å². The number of hydrogen-bond acceptors (Lipinski definition) is 4. The van der Waals surface area contributed by atoms with Crippen LogP contribution in [0, 0.1) is 0 Å². The fourth-order valence-electron chi connectivity index (χ4n) is 1.80. The molecule has 1 aromatic heterocycles. The fourth-order valence-corrected chi connectivity index (χ4v) is 1.80. The van der Waals surface area contributed by atoms with Gasteiger partial charge in [0.2, 0.25) is 5.91 Å². The monoisotopic (exact) mass is 300 g/mol. The van der Waals surface area contributed by atoms with Crippen LogP contribution in [0.2, 0.25) is 0 Å². The Morgan fingerprint density at radius 1 is 1.27 bits per heavy atom. The average Bonchev–Trinajstić information content (AvgIpc) is 3.06. The van der Waals surface area contributed by atoms with E-state index in [1.165, 1.54) is 26.5 Å². The van der Waals surface area contributed by atoms with Crippen molar-refractivity contribution in [2.75, 3.05) is 19.5 Å². The minimum absolute atomic E-state index is 0.316. The number of ether oxygens (including phenoxy) is 1. The van der Waals surface area contributed by atoms with E-state index < -0.39 is 0 Å². The van der Waals surface area contributed by atoms with E-state index in [0.29, 0.717) is 22.8 Å². The summed E-state index contributed by atoms with van der Waals surface area (Å²) in [5, 5.41) is 5.18. The number of rotatable bonds is 5. The number of carbonyl (C=O) groups excluding carboxylic acids is 2. The number of benzene rings is 1. The van der Waals surface area contributed by atoms with Gasteiger partial charge in [-0.05, 0) is 36.4 Å². The lowest BCUT2D eigenvalue weighted by molar-refractivity contribution is -0.111. The van der Waals surface area contributed by atoms with Crippen molar-refractivity contribution >= 4 is 23.6 Å². The van der Waals surface area contributed by atoms with Crippen LogP contribution in [-0.4, -0.2) is 26.0 Å². The third kappa shape index (κ3) is 3.76.